The summed E-state index contributed by atoms with van der Waals surface area (Å²) in [5.41, 5.74) is 5.22. The van der Waals surface area contributed by atoms with Gasteiger partial charge in [0.2, 0.25) is 0 Å². The fraction of sp³-hybridized carbons (Fsp3) is 0.318. The number of rotatable bonds is 4. The number of aromatic nitrogens is 2. The van der Waals surface area contributed by atoms with Gasteiger partial charge in [-0.3, -0.25) is 4.90 Å². The lowest BCUT2D eigenvalue weighted by Crippen LogP contribution is -2.46. The smallest absolute Gasteiger partial charge is 0.159 e. The van der Waals surface area contributed by atoms with Crippen LogP contribution in [0.4, 0.5) is 14.5 Å². The van der Waals surface area contributed by atoms with Gasteiger partial charge in [0.05, 0.1) is 22.8 Å². The second kappa shape index (κ2) is 7.72. The van der Waals surface area contributed by atoms with Gasteiger partial charge in [-0.2, -0.15) is 5.10 Å². The number of anilines is 1. The Morgan fingerprint density at radius 1 is 0.893 bits per heavy atom. The van der Waals surface area contributed by atoms with Gasteiger partial charge in [-0.25, -0.2) is 13.5 Å². The predicted molar refractivity (Wildman–Crippen MR) is 107 cm³/mol. The standard InChI is InChI=1S/C22H24F2N4/c1-16-22(17(2)28(25-16)19-6-4-3-5-7-19)27-12-10-26(11-13-27)15-18-8-9-20(23)21(24)14-18/h3-9,14H,10-13,15H2,1-2H3. The van der Waals surface area contributed by atoms with Crippen LogP contribution < -0.4 is 4.90 Å². The molecule has 0 amide bonds. The topological polar surface area (TPSA) is 24.3 Å². The van der Waals surface area contributed by atoms with Gasteiger partial charge in [-0.05, 0) is 43.7 Å². The minimum Gasteiger partial charge on any atom is -0.366 e. The van der Waals surface area contributed by atoms with Crippen LogP contribution in [-0.4, -0.2) is 40.9 Å². The van der Waals surface area contributed by atoms with Crippen molar-refractivity contribution in [2.45, 2.75) is 20.4 Å². The maximum Gasteiger partial charge on any atom is 0.159 e. The lowest BCUT2D eigenvalue weighted by atomic mass is 10.1. The molecule has 28 heavy (non-hydrogen) atoms. The summed E-state index contributed by atoms with van der Waals surface area (Å²) >= 11 is 0. The summed E-state index contributed by atoms with van der Waals surface area (Å²) in [6.07, 6.45) is 0. The summed E-state index contributed by atoms with van der Waals surface area (Å²) < 4.78 is 28.5. The van der Waals surface area contributed by atoms with Crippen LogP contribution in [0.3, 0.4) is 0 Å². The second-order valence-electron chi connectivity index (χ2n) is 7.28. The molecule has 1 aliphatic heterocycles. The molecule has 4 nitrogen and oxygen atoms in total. The summed E-state index contributed by atoms with van der Waals surface area (Å²) in [6, 6.07) is 14.3. The zero-order valence-corrected chi connectivity index (χ0v) is 16.2. The van der Waals surface area contributed by atoms with E-state index in [1.807, 2.05) is 22.9 Å². The Bertz CT molecular complexity index is 960. The molecule has 1 aliphatic rings. The third-order valence-electron chi connectivity index (χ3n) is 5.33. The molecule has 0 unspecified atom stereocenters. The molecule has 0 atom stereocenters. The van der Waals surface area contributed by atoms with Gasteiger partial charge < -0.3 is 4.90 Å². The fourth-order valence-electron chi connectivity index (χ4n) is 3.94. The van der Waals surface area contributed by atoms with Crippen LogP contribution in [0.2, 0.25) is 0 Å². The Morgan fingerprint density at radius 2 is 1.61 bits per heavy atom. The van der Waals surface area contributed by atoms with E-state index in [9.17, 15) is 8.78 Å². The van der Waals surface area contributed by atoms with E-state index < -0.39 is 11.6 Å². The van der Waals surface area contributed by atoms with E-state index >= 15 is 0 Å². The third kappa shape index (κ3) is 3.64. The number of halogens is 2. The zero-order chi connectivity index (χ0) is 19.7. The SMILES string of the molecule is Cc1nn(-c2ccccc2)c(C)c1N1CCN(Cc2ccc(F)c(F)c2)CC1. The molecule has 1 aromatic heterocycles. The number of para-hydroxylation sites is 1. The third-order valence-corrected chi connectivity index (χ3v) is 5.33. The lowest BCUT2D eigenvalue weighted by molar-refractivity contribution is 0.249. The molecule has 3 aromatic rings. The average Bonchev–Trinajstić information content (AvgIpc) is 3.00. The van der Waals surface area contributed by atoms with E-state index in [1.165, 1.54) is 17.8 Å². The zero-order valence-electron chi connectivity index (χ0n) is 16.2. The van der Waals surface area contributed by atoms with E-state index in [0.29, 0.717) is 6.54 Å². The maximum absolute atomic E-state index is 13.4. The van der Waals surface area contributed by atoms with Crippen LogP contribution in [0, 0.1) is 25.5 Å². The summed E-state index contributed by atoms with van der Waals surface area (Å²) in [5.74, 6) is -1.58. The van der Waals surface area contributed by atoms with Crippen molar-refractivity contribution in [3.05, 3.63) is 77.1 Å². The van der Waals surface area contributed by atoms with E-state index in [-0.39, 0.29) is 0 Å². The number of aryl methyl sites for hydroxylation is 1. The molecular weight excluding hydrogens is 358 g/mol. The number of hydrogen-bond acceptors (Lipinski definition) is 3. The van der Waals surface area contributed by atoms with Crippen molar-refractivity contribution >= 4 is 5.69 Å². The van der Waals surface area contributed by atoms with Gasteiger partial charge >= 0.3 is 0 Å². The molecule has 4 rings (SSSR count). The van der Waals surface area contributed by atoms with Crippen LogP contribution >= 0.6 is 0 Å². The molecule has 0 aliphatic carbocycles. The van der Waals surface area contributed by atoms with E-state index in [0.717, 1.165) is 48.8 Å². The van der Waals surface area contributed by atoms with Gasteiger partial charge in [-0.15, -0.1) is 0 Å². The Labute approximate surface area is 164 Å². The highest BCUT2D eigenvalue weighted by atomic mass is 19.2. The molecule has 0 bridgehead atoms. The molecule has 146 valence electrons. The molecule has 2 aromatic carbocycles. The predicted octanol–water partition coefficient (Wildman–Crippen LogP) is 4.09. The van der Waals surface area contributed by atoms with Crippen LogP contribution in [0.1, 0.15) is 17.0 Å². The molecular formula is C22H24F2N4. The van der Waals surface area contributed by atoms with Crippen molar-refractivity contribution in [2.75, 3.05) is 31.1 Å². The largest absolute Gasteiger partial charge is 0.366 e. The normalized spacial score (nSPS) is 15.2. The average molecular weight is 382 g/mol. The summed E-state index contributed by atoms with van der Waals surface area (Å²) in [6.45, 7) is 8.29. The Kier molecular flexibility index (Phi) is 5.13. The second-order valence-corrected chi connectivity index (χ2v) is 7.28. The minimum absolute atomic E-state index is 0.631. The Balaban J connectivity index is 1.45. The Hall–Kier alpha value is -2.73. The van der Waals surface area contributed by atoms with Crippen molar-refractivity contribution < 1.29 is 8.78 Å². The first kappa shape index (κ1) is 18.6. The minimum atomic E-state index is -0.796. The molecule has 0 radical (unpaired) electrons. The first-order valence-electron chi connectivity index (χ1n) is 9.56. The molecule has 1 fully saturated rings. The summed E-state index contributed by atoms with van der Waals surface area (Å²) in [5, 5.41) is 4.74. The number of benzene rings is 2. The van der Waals surface area contributed by atoms with Crippen molar-refractivity contribution in [1.82, 2.24) is 14.7 Å². The molecule has 0 spiro atoms. The number of piperazine rings is 1. The fourth-order valence-corrected chi connectivity index (χ4v) is 3.94. The molecule has 6 heteroatoms. The molecule has 0 N–H and O–H groups in total. The highest BCUT2D eigenvalue weighted by Gasteiger charge is 2.23. The van der Waals surface area contributed by atoms with Gasteiger partial charge in [-0.1, -0.05) is 24.3 Å². The van der Waals surface area contributed by atoms with E-state index in [1.54, 1.807) is 6.07 Å². The maximum atomic E-state index is 13.4. The molecule has 1 saturated heterocycles. The Morgan fingerprint density at radius 3 is 2.29 bits per heavy atom. The van der Waals surface area contributed by atoms with E-state index in [2.05, 4.69) is 35.8 Å². The quantitative estimate of drug-likeness (QED) is 0.679. The highest BCUT2D eigenvalue weighted by molar-refractivity contribution is 5.57. The van der Waals surface area contributed by atoms with Gasteiger partial charge in [0.15, 0.2) is 11.6 Å². The number of hydrogen-bond donors (Lipinski definition) is 0. The number of nitrogens with zero attached hydrogens (tertiary/aromatic N) is 4. The van der Waals surface area contributed by atoms with Crippen molar-refractivity contribution in [3.8, 4) is 5.69 Å². The van der Waals surface area contributed by atoms with Gasteiger partial charge in [0, 0.05) is 32.7 Å². The van der Waals surface area contributed by atoms with Crippen LogP contribution in [0.5, 0.6) is 0 Å². The lowest BCUT2D eigenvalue weighted by Gasteiger charge is -2.36. The van der Waals surface area contributed by atoms with Crippen LogP contribution in [-0.2, 0) is 6.54 Å². The molecule has 2 heterocycles. The van der Waals surface area contributed by atoms with Crippen molar-refractivity contribution in [1.29, 1.82) is 0 Å². The summed E-state index contributed by atoms with van der Waals surface area (Å²) in [4.78, 5) is 4.65. The monoisotopic (exact) mass is 382 g/mol. The van der Waals surface area contributed by atoms with Crippen LogP contribution in [0.15, 0.2) is 48.5 Å². The highest BCUT2D eigenvalue weighted by Crippen LogP contribution is 2.28. The van der Waals surface area contributed by atoms with Gasteiger partial charge in [0.25, 0.3) is 0 Å². The van der Waals surface area contributed by atoms with Crippen LogP contribution in [0.25, 0.3) is 5.69 Å². The van der Waals surface area contributed by atoms with Gasteiger partial charge in [0.1, 0.15) is 0 Å². The first-order chi connectivity index (χ1) is 13.5. The van der Waals surface area contributed by atoms with Crippen molar-refractivity contribution in [2.24, 2.45) is 0 Å². The molecule has 0 saturated carbocycles. The first-order valence-corrected chi connectivity index (χ1v) is 9.56. The van der Waals surface area contributed by atoms with E-state index in [4.69, 9.17) is 5.10 Å². The van der Waals surface area contributed by atoms with Crippen molar-refractivity contribution in [3.63, 3.8) is 0 Å². The summed E-state index contributed by atoms with van der Waals surface area (Å²) in [7, 11) is 0.